The van der Waals surface area contributed by atoms with Crippen molar-refractivity contribution in [3.8, 4) is 0 Å². The quantitative estimate of drug-likeness (QED) is 0.344. The van der Waals surface area contributed by atoms with E-state index in [0.29, 0.717) is 11.1 Å². The molecular weight excluding hydrogens is 338 g/mol. The third-order valence-electron chi connectivity index (χ3n) is 3.04. The summed E-state index contributed by atoms with van der Waals surface area (Å²) in [7, 11) is 0. The predicted molar refractivity (Wildman–Crippen MR) is 96.0 cm³/mol. The molecule has 9 heteroatoms. The van der Waals surface area contributed by atoms with Gasteiger partial charge in [-0.15, -0.1) is 10.2 Å². The van der Waals surface area contributed by atoms with E-state index in [4.69, 9.17) is 5.73 Å². The first kappa shape index (κ1) is 18.3. The number of aliphatic carboxylic acids is 2. The highest BCUT2D eigenvalue weighted by atomic mass is 16.4. The van der Waals surface area contributed by atoms with Crippen molar-refractivity contribution in [3.63, 3.8) is 0 Å². The summed E-state index contributed by atoms with van der Waals surface area (Å²) in [4.78, 5) is 22.6. The number of guanidine groups is 1. The van der Waals surface area contributed by atoms with E-state index >= 15 is 0 Å². The summed E-state index contributed by atoms with van der Waals surface area (Å²) in [6, 6.07) is 16.3. The minimum atomic E-state index is -1.29. The Bertz CT molecular complexity index is 877. The van der Waals surface area contributed by atoms with Crippen molar-refractivity contribution in [1.29, 1.82) is 0 Å². The van der Waals surface area contributed by atoms with Gasteiger partial charge in [-0.3, -0.25) is 0 Å². The third kappa shape index (κ3) is 4.99. The van der Waals surface area contributed by atoms with E-state index in [1.54, 1.807) is 60.7 Å². The topological polar surface area (TPSA) is 150 Å². The van der Waals surface area contributed by atoms with Crippen LogP contribution in [0.2, 0.25) is 0 Å². The van der Waals surface area contributed by atoms with Gasteiger partial charge in [-0.25, -0.2) is 15.0 Å². The summed E-state index contributed by atoms with van der Waals surface area (Å²) in [5, 5.41) is 29.2. The molecule has 0 saturated heterocycles. The number of benzene rings is 2. The van der Waals surface area contributed by atoms with E-state index in [1.165, 1.54) is 0 Å². The lowest BCUT2D eigenvalue weighted by atomic mass is 10.1. The molecule has 0 aromatic heterocycles. The van der Waals surface area contributed by atoms with Gasteiger partial charge in [0.05, 0.1) is 0 Å². The van der Waals surface area contributed by atoms with Crippen molar-refractivity contribution >= 4 is 29.3 Å². The zero-order chi connectivity index (χ0) is 18.9. The van der Waals surface area contributed by atoms with Gasteiger partial charge in [-0.05, 0) is 0 Å². The standard InChI is InChI=1S/C17H15N5O4/c18-17(21-19-13(15(23)24)11-7-3-1-4-8-11)22-20-14(16(25)26)12-9-5-2-6-10-12/h1-10H,(H,23,24)(H,25,26)(H3,18,21,22). The van der Waals surface area contributed by atoms with Crippen molar-refractivity contribution in [2.75, 3.05) is 0 Å². The van der Waals surface area contributed by atoms with Crippen LogP contribution in [0, 0.1) is 0 Å². The first-order valence-electron chi connectivity index (χ1n) is 7.31. The summed E-state index contributed by atoms with van der Waals surface area (Å²) in [5.41, 5.74) is 7.91. The molecule has 0 aliphatic heterocycles. The molecule has 0 aliphatic rings. The van der Waals surface area contributed by atoms with Gasteiger partial charge < -0.3 is 15.9 Å². The van der Waals surface area contributed by atoms with Crippen molar-refractivity contribution in [1.82, 2.24) is 5.43 Å². The largest absolute Gasteiger partial charge is 0.476 e. The molecule has 0 aliphatic carbocycles. The minimum absolute atomic E-state index is 0.283. The second-order valence-corrected chi connectivity index (χ2v) is 4.85. The molecule has 0 unspecified atom stereocenters. The maximum Gasteiger partial charge on any atom is 0.357 e. The molecule has 132 valence electrons. The average molecular weight is 353 g/mol. The summed E-state index contributed by atoms with van der Waals surface area (Å²) in [5.74, 6) is -2.92. The lowest BCUT2D eigenvalue weighted by molar-refractivity contribution is -0.130. The lowest BCUT2D eigenvalue weighted by Gasteiger charge is -2.03. The Morgan fingerprint density at radius 3 is 1.69 bits per heavy atom. The van der Waals surface area contributed by atoms with Gasteiger partial charge in [0.15, 0.2) is 11.4 Å². The number of nitrogens with zero attached hydrogens (tertiary/aromatic N) is 3. The zero-order valence-electron chi connectivity index (χ0n) is 13.4. The molecular formula is C17H15N5O4. The van der Waals surface area contributed by atoms with Crippen LogP contribution in [-0.2, 0) is 9.59 Å². The number of hydrazone groups is 1. The maximum atomic E-state index is 11.3. The first-order valence-corrected chi connectivity index (χ1v) is 7.31. The molecule has 9 nitrogen and oxygen atoms in total. The molecule has 2 aromatic carbocycles. The van der Waals surface area contributed by atoms with Gasteiger partial charge in [-0.1, -0.05) is 60.7 Å². The molecule has 2 aromatic rings. The summed E-state index contributed by atoms with van der Waals surface area (Å²) in [6.45, 7) is 0. The molecule has 5 N–H and O–H groups in total. The van der Waals surface area contributed by atoms with Crippen LogP contribution in [0.15, 0.2) is 76.0 Å². The second-order valence-electron chi connectivity index (χ2n) is 4.85. The van der Waals surface area contributed by atoms with E-state index in [0.717, 1.165) is 0 Å². The normalized spacial score (nSPS) is 12.5. The van der Waals surface area contributed by atoms with Crippen molar-refractivity contribution < 1.29 is 19.8 Å². The van der Waals surface area contributed by atoms with Gasteiger partial charge in [0, 0.05) is 11.1 Å². The van der Waals surface area contributed by atoms with E-state index in [-0.39, 0.29) is 17.4 Å². The van der Waals surface area contributed by atoms with E-state index < -0.39 is 11.9 Å². The Kier molecular flexibility index (Phi) is 6.16. The van der Waals surface area contributed by atoms with Gasteiger partial charge in [0.1, 0.15) is 0 Å². The molecule has 0 spiro atoms. The SMILES string of the molecule is NC(=NN=C(C(=O)O)c1ccccc1)NN=C(C(=O)O)c1ccccc1. The number of rotatable bonds is 6. The fourth-order valence-electron chi connectivity index (χ4n) is 1.89. The first-order chi connectivity index (χ1) is 12.5. The summed E-state index contributed by atoms with van der Waals surface area (Å²) >= 11 is 0. The molecule has 0 heterocycles. The van der Waals surface area contributed by atoms with Crippen LogP contribution in [0.3, 0.4) is 0 Å². The molecule has 0 amide bonds. The Morgan fingerprint density at radius 1 is 0.769 bits per heavy atom. The number of carboxylic acids is 2. The number of nitrogens with two attached hydrogens (primary N) is 1. The van der Waals surface area contributed by atoms with Gasteiger partial charge in [0.25, 0.3) is 0 Å². The highest BCUT2D eigenvalue weighted by molar-refractivity contribution is 6.43. The molecule has 26 heavy (non-hydrogen) atoms. The number of hydrogen-bond acceptors (Lipinski definition) is 5. The highest BCUT2D eigenvalue weighted by Gasteiger charge is 2.13. The molecule has 0 fully saturated rings. The molecule has 0 radical (unpaired) electrons. The Morgan fingerprint density at radius 2 is 1.23 bits per heavy atom. The van der Waals surface area contributed by atoms with Crippen LogP contribution in [0.4, 0.5) is 0 Å². The molecule has 0 atom stereocenters. The monoisotopic (exact) mass is 353 g/mol. The molecule has 0 saturated carbocycles. The lowest BCUT2D eigenvalue weighted by Crippen LogP contribution is -2.30. The number of nitrogens with one attached hydrogen (secondary N) is 1. The van der Waals surface area contributed by atoms with E-state index in [2.05, 4.69) is 20.7 Å². The minimum Gasteiger partial charge on any atom is -0.476 e. The van der Waals surface area contributed by atoms with Crippen LogP contribution in [0.1, 0.15) is 11.1 Å². The second kappa shape index (κ2) is 8.73. The number of carbonyl (C=O) groups is 2. The smallest absolute Gasteiger partial charge is 0.357 e. The van der Waals surface area contributed by atoms with Gasteiger partial charge in [-0.2, -0.15) is 5.10 Å². The van der Waals surface area contributed by atoms with Gasteiger partial charge >= 0.3 is 11.9 Å². The fraction of sp³-hybridized carbons (Fsp3) is 0. The Hall–Kier alpha value is -4.01. The zero-order valence-corrected chi connectivity index (χ0v) is 13.4. The van der Waals surface area contributed by atoms with Crippen LogP contribution in [0.25, 0.3) is 0 Å². The average Bonchev–Trinajstić information content (AvgIpc) is 2.63. The van der Waals surface area contributed by atoms with Crippen molar-refractivity contribution in [2.24, 2.45) is 21.0 Å². The van der Waals surface area contributed by atoms with E-state index in [1.807, 2.05) is 0 Å². The van der Waals surface area contributed by atoms with Crippen LogP contribution in [0.5, 0.6) is 0 Å². The summed E-state index contributed by atoms with van der Waals surface area (Å²) < 4.78 is 0. The Balaban J connectivity index is 2.23. The molecule has 0 bridgehead atoms. The Labute approximate surface area is 148 Å². The predicted octanol–water partition coefficient (Wildman–Crippen LogP) is 0.868. The number of carboxylic acid groups (broad SMARTS) is 2. The molecule has 2 rings (SSSR count). The maximum absolute atomic E-state index is 11.3. The third-order valence-corrected chi connectivity index (χ3v) is 3.04. The van der Waals surface area contributed by atoms with Crippen molar-refractivity contribution in [2.45, 2.75) is 0 Å². The van der Waals surface area contributed by atoms with Crippen LogP contribution in [-0.4, -0.2) is 39.5 Å². The highest BCUT2D eigenvalue weighted by Crippen LogP contribution is 2.03. The van der Waals surface area contributed by atoms with Crippen LogP contribution < -0.4 is 11.2 Å². The number of hydrogen-bond donors (Lipinski definition) is 4. The fourth-order valence-corrected chi connectivity index (χ4v) is 1.89. The van der Waals surface area contributed by atoms with E-state index in [9.17, 15) is 19.8 Å². The summed E-state index contributed by atoms with van der Waals surface area (Å²) in [6.07, 6.45) is 0. The van der Waals surface area contributed by atoms with Gasteiger partial charge in [0.2, 0.25) is 5.96 Å². The van der Waals surface area contributed by atoms with Crippen molar-refractivity contribution in [3.05, 3.63) is 71.8 Å². The van der Waals surface area contributed by atoms with Crippen LogP contribution >= 0.6 is 0 Å².